The topological polar surface area (TPSA) is 24.7 Å². The van der Waals surface area contributed by atoms with Crippen LogP contribution in [0.2, 0.25) is 0 Å². The minimum absolute atomic E-state index is 0.805. The van der Waals surface area contributed by atoms with Crippen LogP contribution in [0.1, 0.15) is 53.9 Å². The lowest BCUT2D eigenvalue weighted by molar-refractivity contribution is 0.905. The number of aliphatic imine (C=N–C) groups is 2. The van der Waals surface area contributed by atoms with Gasteiger partial charge in [-0.3, -0.25) is 9.98 Å². The van der Waals surface area contributed by atoms with Crippen LogP contribution in [-0.2, 0) is 0 Å². The van der Waals surface area contributed by atoms with Crippen LogP contribution in [0.4, 0.5) is 0 Å². The van der Waals surface area contributed by atoms with Gasteiger partial charge in [-0.05, 0) is 39.2 Å². The number of hydrogen-bond acceptors (Lipinski definition) is 2. The molecule has 96 valence electrons. The first-order chi connectivity index (χ1) is 8.06. The van der Waals surface area contributed by atoms with E-state index in [1.54, 1.807) is 0 Å². The summed E-state index contributed by atoms with van der Waals surface area (Å²) in [4.78, 5) is 8.95. The van der Waals surface area contributed by atoms with Crippen molar-refractivity contribution < 1.29 is 0 Å². The van der Waals surface area contributed by atoms with Gasteiger partial charge >= 0.3 is 0 Å². The molecule has 0 N–H and O–H groups in total. The second-order valence-electron chi connectivity index (χ2n) is 4.29. The molecule has 0 radical (unpaired) electrons. The summed E-state index contributed by atoms with van der Waals surface area (Å²) in [6.45, 7) is 15.4. The number of nitrogens with zero attached hydrogens (tertiary/aromatic N) is 2. The van der Waals surface area contributed by atoms with Gasteiger partial charge in [-0.1, -0.05) is 32.4 Å². The van der Waals surface area contributed by atoms with Crippen molar-refractivity contribution >= 4 is 11.9 Å². The molecule has 2 heteroatoms. The first kappa shape index (κ1) is 15.8. The van der Waals surface area contributed by atoms with Gasteiger partial charge in [0.25, 0.3) is 0 Å². The third-order valence-corrected chi connectivity index (χ3v) is 2.40. The van der Waals surface area contributed by atoms with Crippen LogP contribution in [0.3, 0.4) is 0 Å². The Morgan fingerprint density at radius 1 is 1.18 bits per heavy atom. The highest BCUT2D eigenvalue weighted by atomic mass is 14.8. The van der Waals surface area contributed by atoms with Crippen molar-refractivity contribution in [3.05, 3.63) is 23.4 Å². The smallest absolute Gasteiger partial charge is 0.0646 e. The molecule has 0 aliphatic rings. The van der Waals surface area contributed by atoms with Gasteiger partial charge in [0, 0.05) is 12.8 Å². The fourth-order valence-corrected chi connectivity index (χ4v) is 1.50. The molecule has 0 amide bonds. The number of rotatable bonds is 7. The first-order valence-corrected chi connectivity index (χ1v) is 6.49. The predicted molar refractivity (Wildman–Crippen MR) is 79.2 cm³/mol. The highest BCUT2D eigenvalue weighted by molar-refractivity contribution is 6.30. The zero-order chi connectivity index (χ0) is 13.3. The Morgan fingerprint density at radius 3 is 2.24 bits per heavy atom. The first-order valence-electron chi connectivity index (χ1n) is 6.49. The van der Waals surface area contributed by atoms with Crippen molar-refractivity contribution in [2.24, 2.45) is 9.98 Å². The maximum absolute atomic E-state index is 4.70. The summed E-state index contributed by atoms with van der Waals surface area (Å²) in [5, 5.41) is 0. The average Bonchev–Trinajstić information content (AvgIpc) is 2.29. The third kappa shape index (κ3) is 6.20. The van der Waals surface area contributed by atoms with Gasteiger partial charge in [0.05, 0.1) is 11.4 Å². The van der Waals surface area contributed by atoms with Gasteiger partial charge in [0.1, 0.15) is 0 Å². The zero-order valence-electron chi connectivity index (χ0n) is 12.0. The molecule has 0 atom stereocenters. The van der Waals surface area contributed by atoms with E-state index >= 15 is 0 Å². The summed E-state index contributed by atoms with van der Waals surface area (Å²) in [6, 6.07) is 0. The Kier molecular flexibility index (Phi) is 8.29. The Hall–Kier alpha value is -1.18. The molecule has 17 heavy (non-hydrogen) atoms. The minimum Gasteiger partial charge on any atom is -0.292 e. The van der Waals surface area contributed by atoms with Crippen molar-refractivity contribution in [2.45, 2.75) is 53.9 Å². The van der Waals surface area contributed by atoms with Gasteiger partial charge in [-0.2, -0.15) is 0 Å². The summed E-state index contributed by atoms with van der Waals surface area (Å²) in [5.74, 6) is 0. The van der Waals surface area contributed by atoms with E-state index in [0.717, 1.165) is 42.8 Å². The second-order valence-corrected chi connectivity index (χ2v) is 4.29. The third-order valence-electron chi connectivity index (χ3n) is 2.40. The Balaban J connectivity index is 5.10. The summed E-state index contributed by atoms with van der Waals surface area (Å²) in [5.41, 5.74) is 4.43. The van der Waals surface area contributed by atoms with Crippen LogP contribution >= 0.6 is 0 Å². The van der Waals surface area contributed by atoms with Gasteiger partial charge in [0.2, 0.25) is 0 Å². The minimum atomic E-state index is 0.805. The molecule has 0 unspecified atom stereocenters. The fourth-order valence-electron chi connectivity index (χ4n) is 1.50. The maximum Gasteiger partial charge on any atom is 0.0646 e. The Labute approximate surface area is 106 Å². The fraction of sp³-hybridized carbons (Fsp3) is 0.600. The van der Waals surface area contributed by atoms with Crippen molar-refractivity contribution in [3.63, 3.8) is 0 Å². The predicted octanol–water partition coefficient (Wildman–Crippen LogP) is 4.58. The van der Waals surface area contributed by atoms with E-state index in [2.05, 4.69) is 39.3 Å². The monoisotopic (exact) mass is 234 g/mol. The Morgan fingerprint density at radius 2 is 1.82 bits per heavy atom. The van der Waals surface area contributed by atoms with E-state index in [0.29, 0.717) is 0 Å². The SMILES string of the molecule is C=C(CCC)C(N=C(C=NCC)CC)=C(C)C. The molecule has 0 saturated carbocycles. The highest BCUT2D eigenvalue weighted by Gasteiger charge is 2.04. The van der Waals surface area contributed by atoms with E-state index in [9.17, 15) is 0 Å². The summed E-state index contributed by atoms with van der Waals surface area (Å²) < 4.78 is 0. The van der Waals surface area contributed by atoms with E-state index in [1.165, 1.54) is 5.57 Å². The number of hydrogen-bond donors (Lipinski definition) is 0. The van der Waals surface area contributed by atoms with Crippen LogP contribution < -0.4 is 0 Å². The molecule has 0 heterocycles. The zero-order valence-corrected chi connectivity index (χ0v) is 12.0. The molecular formula is C15H26N2. The number of allylic oxidation sites excluding steroid dienone is 2. The maximum atomic E-state index is 4.70. The van der Waals surface area contributed by atoms with E-state index < -0.39 is 0 Å². The molecule has 0 saturated heterocycles. The van der Waals surface area contributed by atoms with Gasteiger partial charge in [-0.25, -0.2) is 0 Å². The van der Waals surface area contributed by atoms with Crippen molar-refractivity contribution in [3.8, 4) is 0 Å². The van der Waals surface area contributed by atoms with Gasteiger partial charge in [-0.15, -0.1) is 0 Å². The largest absolute Gasteiger partial charge is 0.292 e. The molecular weight excluding hydrogens is 208 g/mol. The van der Waals surface area contributed by atoms with Crippen LogP contribution in [0.15, 0.2) is 33.4 Å². The van der Waals surface area contributed by atoms with E-state index in [1.807, 2.05) is 13.1 Å². The summed E-state index contributed by atoms with van der Waals surface area (Å²) >= 11 is 0. The van der Waals surface area contributed by atoms with E-state index in [4.69, 9.17) is 4.99 Å². The van der Waals surface area contributed by atoms with Gasteiger partial charge in [0.15, 0.2) is 0 Å². The Bertz CT molecular complexity index is 329. The lowest BCUT2D eigenvalue weighted by atomic mass is 10.1. The molecule has 0 aliphatic heterocycles. The van der Waals surface area contributed by atoms with Crippen LogP contribution in [-0.4, -0.2) is 18.5 Å². The van der Waals surface area contributed by atoms with Gasteiger partial charge < -0.3 is 0 Å². The molecule has 0 rings (SSSR count). The van der Waals surface area contributed by atoms with Crippen molar-refractivity contribution in [1.82, 2.24) is 0 Å². The molecule has 2 nitrogen and oxygen atoms in total. The lowest BCUT2D eigenvalue weighted by Crippen LogP contribution is -2.01. The molecule has 0 fully saturated rings. The van der Waals surface area contributed by atoms with Crippen LogP contribution in [0.25, 0.3) is 0 Å². The summed E-state index contributed by atoms with van der Waals surface area (Å²) in [7, 11) is 0. The van der Waals surface area contributed by atoms with Crippen molar-refractivity contribution in [2.75, 3.05) is 6.54 Å². The average molecular weight is 234 g/mol. The standard InChI is InChI=1S/C15H26N2/c1-7-10-13(6)15(12(4)5)17-14(8-2)11-16-9-3/h11H,6-10H2,1-5H3. The normalized spacial score (nSPS) is 11.9. The lowest BCUT2D eigenvalue weighted by Gasteiger charge is -2.09. The molecule has 0 bridgehead atoms. The molecule has 0 aromatic carbocycles. The quantitative estimate of drug-likeness (QED) is 0.455. The summed E-state index contributed by atoms with van der Waals surface area (Å²) in [6.07, 6.45) is 4.89. The van der Waals surface area contributed by atoms with Crippen LogP contribution in [0, 0.1) is 0 Å². The van der Waals surface area contributed by atoms with Crippen molar-refractivity contribution in [1.29, 1.82) is 0 Å². The highest BCUT2D eigenvalue weighted by Crippen LogP contribution is 2.19. The second kappa shape index (κ2) is 8.91. The molecule has 0 aliphatic carbocycles. The van der Waals surface area contributed by atoms with Crippen LogP contribution in [0.5, 0.6) is 0 Å². The molecule has 0 spiro atoms. The molecule has 0 aromatic rings. The molecule has 0 aromatic heterocycles. The van der Waals surface area contributed by atoms with E-state index in [-0.39, 0.29) is 0 Å².